The third-order valence-corrected chi connectivity index (χ3v) is 6.22. The molecule has 0 radical (unpaired) electrons. The van der Waals surface area contributed by atoms with E-state index in [1.165, 1.54) is 11.8 Å². The molecular weight excluding hydrogens is 451 g/mol. The van der Waals surface area contributed by atoms with Crippen LogP contribution in [0.5, 0.6) is 0 Å². The van der Waals surface area contributed by atoms with E-state index in [0.29, 0.717) is 33.9 Å². The van der Waals surface area contributed by atoms with Crippen molar-refractivity contribution in [1.29, 1.82) is 0 Å². The van der Waals surface area contributed by atoms with Crippen molar-refractivity contribution >= 4 is 58.4 Å². The number of carbonyl (C=O) groups is 2. The summed E-state index contributed by atoms with van der Waals surface area (Å²) in [5.41, 5.74) is 1.70. The topological polar surface area (TPSA) is 49.4 Å². The van der Waals surface area contributed by atoms with E-state index in [0.717, 1.165) is 11.1 Å². The number of hydrogen-bond donors (Lipinski definition) is 1. The zero-order valence-corrected chi connectivity index (χ0v) is 19.3. The van der Waals surface area contributed by atoms with E-state index in [9.17, 15) is 9.59 Å². The standard InChI is InChI=1S/C21H23Cl3N2O2S/c1-3-25-21(28)14(2)26(11-15-7-9-16(22)10-8-15)20(27)13-29-12-17-18(23)5-4-6-19(17)24/h4-10,14H,3,11-13H2,1-2H3,(H,25,28)/t14-/m0/s1. The van der Waals surface area contributed by atoms with Crippen molar-refractivity contribution in [2.24, 2.45) is 0 Å². The highest BCUT2D eigenvalue weighted by atomic mass is 35.5. The van der Waals surface area contributed by atoms with Crippen LogP contribution in [0.15, 0.2) is 42.5 Å². The van der Waals surface area contributed by atoms with Gasteiger partial charge >= 0.3 is 0 Å². The van der Waals surface area contributed by atoms with Crippen molar-refractivity contribution in [1.82, 2.24) is 10.2 Å². The van der Waals surface area contributed by atoms with Crippen LogP contribution in [0.2, 0.25) is 15.1 Å². The molecule has 0 fully saturated rings. The summed E-state index contributed by atoms with van der Waals surface area (Å²) in [5, 5.41) is 4.55. The van der Waals surface area contributed by atoms with Gasteiger partial charge in [-0.3, -0.25) is 9.59 Å². The number of carbonyl (C=O) groups excluding carboxylic acids is 2. The first-order valence-corrected chi connectivity index (χ1v) is 11.4. The van der Waals surface area contributed by atoms with Crippen molar-refractivity contribution < 1.29 is 9.59 Å². The number of likely N-dealkylation sites (N-methyl/N-ethyl adjacent to an activating group) is 1. The summed E-state index contributed by atoms with van der Waals surface area (Å²) in [6.07, 6.45) is 0. The fourth-order valence-corrected chi connectivity index (χ4v) is 4.46. The lowest BCUT2D eigenvalue weighted by atomic mass is 10.1. The van der Waals surface area contributed by atoms with Crippen LogP contribution in [0.4, 0.5) is 0 Å². The molecule has 0 aliphatic rings. The Balaban J connectivity index is 2.08. The van der Waals surface area contributed by atoms with Crippen LogP contribution in [0.25, 0.3) is 0 Å². The second kappa shape index (κ2) is 11.7. The predicted molar refractivity (Wildman–Crippen MR) is 123 cm³/mol. The maximum absolute atomic E-state index is 13.0. The van der Waals surface area contributed by atoms with Crippen molar-refractivity contribution in [3.8, 4) is 0 Å². The summed E-state index contributed by atoms with van der Waals surface area (Å²) in [6.45, 7) is 4.40. The molecular formula is C21H23Cl3N2O2S. The van der Waals surface area contributed by atoms with Gasteiger partial charge in [-0.05, 0) is 49.2 Å². The van der Waals surface area contributed by atoms with E-state index in [4.69, 9.17) is 34.8 Å². The number of benzene rings is 2. The highest BCUT2D eigenvalue weighted by Gasteiger charge is 2.25. The van der Waals surface area contributed by atoms with Gasteiger partial charge < -0.3 is 10.2 Å². The molecule has 0 unspecified atom stereocenters. The Morgan fingerprint density at radius 2 is 1.69 bits per heavy atom. The summed E-state index contributed by atoms with van der Waals surface area (Å²) in [7, 11) is 0. The lowest BCUT2D eigenvalue weighted by Crippen LogP contribution is -2.48. The number of halogens is 3. The molecule has 0 aliphatic carbocycles. The molecule has 2 rings (SSSR count). The molecule has 1 atom stereocenters. The minimum absolute atomic E-state index is 0.133. The van der Waals surface area contributed by atoms with Crippen LogP contribution in [0, 0.1) is 0 Å². The van der Waals surface area contributed by atoms with Crippen molar-refractivity contribution in [2.75, 3.05) is 12.3 Å². The number of thioether (sulfide) groups is 1. The van der Waals surface area contributed by atoms with Gasteiger partial charge in [-0.1, -0.05) is 53.0 Å². The Morgan fingerprint density at radius 3 is 2.28 bits per heavy atom. The van der Waals surface area contributed by atoms with E-state index in [1.807, 2.05) is 19.1 Å². The minimum atomic E-state index is -0.595. The third kappa shape index (κ3) is 7.10. The van der Waals surface area contributed by atoms with Crippen molar-refractivity contribution in [3.63, 3.8) is 0 Å². The summed E-state index contributed by atoms with van der Waals surface area (Å²) < 4.78 is 0. The zero-order valence-electron chi connectivity index (χ0n) is 16.3. The van der Waals surface area contributed by atoms with Crippen LogP contribution >= 0.6 is 46.6 Å². The fourth-order valence-electron chi connectivity index (χ4n) is 2.68. The molecule has 0 heterocycles. The number of amides is 2. The van der Waals surface area contributed by atoms with Crippen LogP contribution in [0.1, 0.15) is 25.0 Å². The van der Waals surface area contributed by atoms with Crippen molar-refractivity contribution in [3.05, 3.63) is 68.7 Å². The largest absolute Gasteiger partial charge is 0.355 e. The predicted octanol–water partition coefficient (Wildman–Crippen LogP) is 5.43. The molecule has 0 saturated carbocycles. The molecule has 0 aromatic heterocycles. The number of nitrogens with zero attached hydrogens (tertiary/aromatic N) is 1. The van der Waals surface area contributed by atoms with E-state index < -0.39 is 6.04 Å². The number of rotatable bonds is 9. The van der Waals surface area contributed by atoms with Gasteiger partial charge in [0.2, 0.25) is 11.8 Å². The van der Waals surface area contributed by atoms with Crippen molar-refractivity contribution in [2.45, 2.75) is 32.2 Å². The van der Waals surface area contributed by atoms with E-state index in [2.05, 4.69) is 5.32 Å². The first kappa shape index (κ1) is 23.9. The summed E-state index contributed by atoms with van der Waals surface area (Å²) in [6, 6.07) is 12.0. The van der Waals surface area contributed by atoms with Gasteiger partial charge in [0.15, 0.2) is 0 Å². The van der Waals surface area contributed by atoms with Gasteiger partial charge in [-0.2, -0.15) is 0 Å². The third-order valence-electron chi connectivity index (χ3n) is 4.32. The number of hydrogen-bond acceptors (Lipinski definition) is 3. The molecule has 2 aromatic rings. The fraction of sp³-hybridized carbons (Fsp3) is 0.333. The van der Waals surface area contributed by atoms with Gasteiger partial charge in [0.05, 0.1) is 5.75 Å². The average molecular weight is 474 g/mol. The van der Waals surface area contributed by atoms with Gasteiger partial charge in [0.25, 0.3) is 0 Å². The van der Waals surface area contributed by atoms with Gasteiger partial charge in [0, 0.05) is 33.9 Å². The van der Waals surface area contributed by atoms with Gasteiger partial charge in [0.1, 0.15) is 6.04 Å². The maximum Gasteiger partial charge on any atom is 0.242 e. The highest BCUT2D eigenvalue weighted by Crippen LogP contribution is 2.28. The van der Waals surface area contributed by atoms with E-state index in [1.54, 1.807) is 42.2 Å². The summed E-state index contributed by atoms with van der Waals surface area (Å²) >= 11 is 19.8. The molecule has 0 aliphatic heterocycles. The van der Waals surface area contributed by atoms with Crippen LogP contribution in [0.3, 0.4) is 0 Å². The molecule has 2 amide bonds. The van der Waals surface area contributed by atoms with E-state index in [-0.39, 0.29) is 17.6 Å². The van der Waals surface area contributed by atoms with Crippen LogP contribution in [-0.4, -0.2) is 35.1 Å². The zero-order chi connectivity index (χ0) is 21.4. The molecule has 8 heteroatoms. The maximum atomic E-state index is 13.0. The average Bonchev–Trinajstić information content (AvgIpc) is 2.69. The Kier molecular flexibility index (Phi) is 9.63. The quantitative estimate of drug-likeness (QED) is 0.528. The van der Waals surface area contributed by atoms with Crippen LogP contribution in [-0.2, 0) is 21.9 Å². The Morgan fingerprint density at radius 1 is 1.07 bits per heavy atom. The molecule has 0 bridgehead atoms. The lowest BCUT2D eigenvalue weighted by molar-refractivity contribution is -0.138. The molecule has 156 valence electrons. The Labute approximate surface area is 190 Å². The number of nitrogens with one attached hydrogen (secondary N) is 1. The van der Waals surface area contributed by atoms with Gasteiger partial charge in [-0.15, -0.1) is 11.8 Å². The van der Waals surface area contributed by atoms with Gasteiger partial charge in [-0.25, -0.2) is 0 Å². The lowest BCUT2D eigenvalue weighted by Gasteiger charge is -2.28. The second-order valence-corrected chi connectivity index (χ2v) is 8.65. The second-order valence-electron chi connectivity index (χ2n) is 6.41. The Bertz CT molecular complexity index is 826. The Hall–Kier alpha value is -1.40. The minimum Gasteiger partial charge on any atom is -0.355 e. The molecule has 0 saturated heterocycles. The molecule has 0 spiro atoms. The molecule has 4 nitrogen and oxygen atoms in total. The summed E-state index contributed by atoms with van der Waals surface area (Å²) in [4.78, 5) is 26.9. The van der Waals surface area contributed by atoms with E-state index >= 15 is 0 Å². The first-order valence-electron chi connectivity index (χ1n) is 9.15. The summed E-state index contributed by atoms with van der Waals surface area (Å²) in [5.74, 6) is 0.397. The molecule has 2 aromatic carbocycles. The van der Waals surface area contributed by atoms with Crippen LogP contribution < -0.4 is 5.32 Å². The first-order chi connectivity index (χ1) is 13.8. The molecule has 29 heavy (non-hydrogen) atoms. The highest BCUT2D eigenvalue weighted by molar-refractivity contribution is 7.99. The smallest absolute Gasteiger partial charge is 0.242 e. The SMILES string of the molecule is CCNC(=O)[C@H](C)N(Cc1ccc(Cl)cc1)C(=O)CSCc1c(Cl)cccc1Cl. The molecule has 1 N–H and O–H groups in total. The normalized spacial score (nSPS) is 11.8. The monoisotopic (exact) mass is 472 g/mol.